The molecular weight excluding hydrogens is 88.1 g/mol. The topological polar surface area (TPSA) is 0 Å². The number of allylic oxidation sites excluding steroid dienone is 1. The van der Waals surface area contributed by atoms with Gasteiger partial charge in [-0.1, -0.05) is 19.4 Å². The van der Waals surface area contributed by atoms with E-state index in [1.165, 1.54) is 0 Å². The van der Waals surface area contributed by atoms with Gasteiger partial charge in [-0.05, 0) is 5.54 Å². The third kappa shape index (κ3) is 2.21. The first-order valence-electron chi connectivity index (χ1n) is 2.15. The Morgan fingerprint density at radius 3 is 2.50 bits per heavy atom. The fourth-order valence-electron chi connectivity index (χ4n) is 0.167. The highest BCUT2D eigenvalue weighted by Gasteiger charge is 1.84. The molecule has 1 atom stereocenters. The van der Waals surface area contributed by atoms with Gasteiger partial charge in [0, 0.05) is 10.2 Å². The van der Waals surface area contributed by atoms with Crippen LogP contribution >= 0.6 is 0 Å². The largest absolute Gasteiger partial charge is 0.103 e. The molecule has 0 saturated heterocycles. The van der Waals surface area contributed by atoms with Crippen molar-refractivity contribution in [3.8, 4) is 0 Å². The van der Waals surface area contributed by atoms with E-state index in [2.05, 4.69) is 23.7 Å². The fraction of sp³-hybridized carbons (Fsp3) is 0.600. The van der Waals surface area contributed by atoms with Gasteiger partial charge in [0.05, 0.1) is 0 Å². The molecule has 0 bridgehead atoms. The van der Waals surface area contributed by atoms with Gasteiger partial charge in [-0.2, -0.15) is 0 Å². The van der Waals surface area contributed by atoms with Crippen molar-refractivity contribution in [3.05, 3.63) is 12.7 Å². The predicted molar refractivity (Wildman–Crippen MR) is 30.0 cm³/mol. The maximum Gasteiger partial charge on any atom is 0.0322 e. The van der Waals surface area contributed by atoms with Crippen LogP contribution in [0.2, 0.25) is 5.54 Å². The van der Waals surface area contributed by atoms with Crippen LogP contribution in [-0.4, -0.2) is 10.2 Å². The molecule has 0 aliphatic carbocycles. The fourth-order valence-corrected chi connectivity index (χ4v) is 0.167. The first kappa shape index (κ1) is 5.96. The van der Waals surface area contributed by atoms with Crippen LogP contribution in [0, 0.1) is 0 Å². The van der Waals surface area contributed by atoms with Gasteiger partial charge in [-0.3, -0.25) is 0 Å². The third-order valence-electron chi connectivity index (χ3n) is 0.724. The zero-order valence-electron chi connectivity index (χ0n) is 4.07. The van der Waals surface area contributed by atoms with Crippen LogP contribution in [0.4, 0.5) is 0 Å². The van der Waals surface area contributed by atoms with E-state index in [0.717, 1.165) is 6.42 Å². The van der Waals surface area contributed by atoms with E-state index >= 15 is 0 Å². The third-order valence-corrected chi connectivity index (χ3v) is 1.37. The van der Waals surface area contributed by atoms with Crippen molar-refractivity contribution in [1.29, 1.82) is 0 Å². The number of rotatable bonds is 2. The molecule has 0 heterocycles. The zero-order chi connectivity index (χ0) is 4.99. The standard InChI is InChI=1S/C5H9Si/c1-3-5(6)4-2/h3,5H,1,4H2,2H3. The molecule has 1 heteroatoms. The van der Waals surface area contributed by atoms with Gasteiger partial charge in [0.1, 0.15) is 0 Å². The van der Waals surface area contributed by atoms with Crippen molar-refractivity contribution in [1.82, 2.24) is 0 Å². The highest BCUT2D eigenvalue weighted by Crippen LogP contribution is 2.01. The average Bonchev–Trinajstić information content (AvgIpc) is 1.65. The Balaban J connectivity index is 2.96. The van der Waals surface area contributed by atoms with E-state index in [1.807, 2.05) is 6.08 Å². The maximum absolute atomic E-state index is 3.58. The van der Waals surface area contributed by atoms with Crippen molar-refractivity contribution in [3.63, 3.8) is 0 Å². The van der Waals surface area contributed by atoms with Crippen LogP contribution in [0.1, 0.15) is 13.3 Å². The first-order chi connectivity index (χ1) is 2.81. The average molecular weight is 97.2 g/mol. The van der Waals surface area contributed by atoms with Crippen molar-refractivity contribution >= 4 is 10.2 Å². The van der Waals surface area contributed by atoms with Crippen LogP contribution < -0.4 is 0 Å². The molecule has 0 saturated carbocycles. The van der Waals surface area contributed by atoms with Crippen molar-refractivity contribution in [2.24, 2.45) is 0 Å². The summed E-state index contributed by atoms with van der Waals surface area (Å²) < 4.78 is 0. The zero-order valence-corrected chi connectivity index (χ0v) is 5.07. The summed E-state index contributed by atoms with van der Waals surface area (Å²) in [7, 11) is 3.40. The molecule has 0 amide bonds. The van der Waals surface area contributed by atoms with Crippen molar-refractivity contribution in [2.45, 2.75) is 18.9 Å². The lowest BCUT2D eigenvalue weighted by Gasteiger charge is -1.93. The molecule has 0 aromatic heterocycles. The Bertz CT molecular complexity index is 41.2. The van der Waals surface area contributed by atoms with Crippen LogP contribution in [-0.2, 0) is 0 Å². The molecule has 1 unspecified atom stereocenters. The molecule has 0 aliphatic rings. The van der Waals surface area contributed by atoms with Crippen LogP contribution in [0.5, 0.6) is 0 Å². The lowest BCUT2D eigenvalue weighted by molar-refractivity contribution is 0.955. The molecule has 0 aromatic carbocycles. The minimum Gasteiger partial charge on any atom is -0.103 e. The molecule has 0 aromatic rings. The van der Waals surface area contributed by atoms with Crippen LogP contribution in [0.25, 0.3) is 0 Å². The van der Waals surface area contributed by atoms with Crippen molar-refractivity contribution in [2.75, 3.05) is 0 Å². The van der Waals surface area contributed by atoms with Crippen molar-refractivity contribution < 1.29 is 0 Å². The summed E-state index contributed by atoms with van der Waals surface area (Å²) in [6, 6.07) is 0. The van der Waals surface area contributed by atoms with Crippen LogP contribution in [0.15, 0.2) is 12.7 Å². The number of hydrogen-bond donors (Lipinski definition) is 0. The Morgan fingerprint density at radius 2 is 2.50 bits per heavy atom. The molecule has 0 N–H and O–H groups in total. The normalized spacial score (nSPS) is 13.7. The highest BCUT2D eigenvalue weighted by molar-refractivity contribution is 6.12. The molecule has 0 spiro atoms. The summed E-state index contributed by atoms with van der Waals surface area (Å²) in [6.45, 7) is 5.69. The van der Waals surface area contributed by atoms with E-state index in [9.17, 15) is 0 Å². The molecule has 0 aliphatic heterocycles. The summed E-state index contributed by atoms with van der Waals surface area (Å²) >= 11 is 0. The summed E-state index contributed by atoms with van der Waals surface area (Å²) in [4.78, 5) is 0. The molecule has 3 radical (unpaired) electrons. The van der Waals surface area contributed by atoms with E-state index in [0.29, 0.717) is 5.54 Å². The SMILES string of the molecule is C=CC([Si])CC. The van der Waals surface area contributed by atoms with E-state index < -0.39 is 0 Å². The van der Waals surface area contributed by atoms with Gasteiger partial charge in [0.25, 0.3) is 0 Å². The smallest absolute Gasteiger partial charge is 0.0322 e. The lowest BCUT2D eigenvalue weighted by atomic mass is 10.3. The molecule has 0 nitrogen and oxygen atoms in total. The predicted octanol–water partition coefficient (Wildman–Crippen LogP) is 1.54. The molecule has 33 valence electrons. The Kier molecular flexibility index (Phi) is 3.14. The molecular formula is C5H9Si. The van der Waals surface area contributed by atoms with Gasteiger partial charge in [0.15, 0.2) is 0 Å². The van der Waals surface area contributed by atoms with E-state index in [4.69, 9.17) is 0 Å². The molecule has 6 heavy (non-hydrogen) atoms. The molecule has 0 fully saturated rings. The van der Waals surface area contributed by atoms with E-state index in [1.54, 1.807) is 0 Å². The summed E-state index contributed by atoms with van der Waals surface area (Å²) in [5, 5.41) is 0. The Morgan fingerprint density at radius 1 is 2.00 bits per heavy atom. The monoisotopic (exact) mass is 97.0 g/mol. The Labute approximate surface area is 42.7 Å². The van der Waals surface area contributed by atoms with Gasteiger partial charge in [0.2, 0.25) is 0 Å². The van der Waals surface area contributed by atoms with Gasteiger partial charge < -0.3 is 0 Å². The maximum atomic E-state index is 3.58. The summed E-state index contributed by atoms with van der Waals surface area (Å²) in [6.07, 6.45) is 3.01. The second-order valence-corrected chi connectivity index (χ2v) is 1.99. The minimum atomic E-state index is 0.505. The highest BCUT2D eigenvalue weighted by atomic mass is 28.1. The van der Waals surface area contributed by atoms with E-state index in [-0.39, 0.29) is 0 Å². The second-order valence-electron chi connectivity index (χ2n) is 1.25. The molecule has 0 rings (SSSR count). The minimum absolute atomic E-state index is 0.505. The quantitative estimate of drug-likeness (QED) is 0.362. The second kappa shape index (κ2) is 3.16. The first-order valence-corrected chi connectivity index (χ1v) is 2.72. The van der Waals surface area contributed by atoms with Gasteiger partial charge >= 0.3 is 0 Å². The van der Waals surface area contributed by atoms with Gasteiger partial charge in [-0.15, -0.1) is 6.58 Å². The summed E-state index contributed by atoms with van der Waals surface area (Å²) in [5.74, 6) is 0. The van der Waals surface area contributed by atoms with Crippen LogP contribution in [0.3, 0.4) is 0 Å². The lowest BCUT2D eigenvalue weighted by Crippen LogP contribution is -1.79. The Hall–Kier alpha value is -0.0431. The number of hydrogen-bond acceptors (Lipinski definition) is 0. The van der Waals surface area contributed by atoms with Gasteiger partial charge in [-0.25, -0.2) is 0 Å². The summed E-state index contributed by atoms with van der Waals surface area (Å²) in [5.41, 5.74) is 0.505.